The third-order valence-corrected chi connectivity index (χ3v) is 3.76. The van der Waals surface area contributed by atoms with Crippen molar-refractivity contribution in [2.24, 2.45) is 0 Å². The molecule has 2 fully saturated rings. The van der Waals surface area contributed by atoms with Crippen LogP contribution in [-0.2, 0) is 14.3 Å². The molecule has 0 aromatic heterocycles. The number of amides is 2. The van der Waals surface area contributed by atoms with Crippen molar-refractivity contribution in [2.45, 2.75) is 26.4 Å². The lowest BCUT2D eigenvalue weighted by Gasteiger charge is -2.36. The van der Waals surface area contributed by atoms with Crippen LogP contribution < -0.4 is 0 Å². The van der Waals surface area contributed by atoms with Gasteiger partial charge in [-0.1, -0.05) is 0 Å². The molecule has 2 aliphatic rings. The van der Waals surface area contributed by atoms with E-state index in [1.807, 2.05) is 25.7 Å². The van der Waals surface area contributed by atoms with E-state index in [0.717, 1.165) is 32.8 Å². The lowest BCUT2D eigenvalue weighted by molar-refractivity contribution is -0.136. The average molecular weight is 313 g/mol. The Morgan fingerprint density at radius 2 is 1.82 bits per heavy atom. The number of piperazine rings is 1. The van der Waals surface area contributed by atoms with E-state index in [1.54, 1.807) is 0 Å². The van der Waals surface area contributed by atoms with Crippen LogP contribution >= 0.6 is 0 Å². The average Bonchev–Trinajstić information content (AvgIpc) is 2.45. The summed E-state index contributed by atoms with van der Waals surface area (Å²) >= 11 is 0. The summed E-state index contributed by atoms with van der Waals surface area (Å²) in [6, 6.07) is 0. The van der Waals surface area contributed by atoms with Crippen molar-refractivity contribution in [3.05, 3.63) is 0 Å². The molecule has 0 spiro atoms. The number of rotatable bonds is 3. The van der Waals surface area contributed by atoms with Gasteiger partial charge in [0.25, 0.3) is 0 Å². The number of carbonyl (C=O) groups excluding carboxylic acids is 2. The molecule has 0 unspecified atom stereocenters. The van der Waals surface area contributed by atoms with Gasteiger partial charge in [0.1, 0.15) is 12.1 Å². The minimum atomic E-state index is -0.534. The van der Waals surface area contributed by atoms with Crippen molar-refractivity contribution >= 4 is 12.0 Å². The second-order valence-corrected chi connectivity index (χ2v) is 6.74. The number of hydrogen-bond donors (Lipinski definition) is 0. The van der Waals surface area contributed by atoms with Gasteiger partial charge in [0.15, 0.2) is 0 Å². The normalized spacial score (nSPS) is 21.1. The Hall–Kier alpha value is -1.34. The van der Waals surface area contributed by atoms with E-state index in [2.05, 4.69) is 4.90 Å². The minimum Gasteiger partial charge on any atom is -0.444 e. The highest BCUT2D eigenvalue weighted by molar-refractivity contribution is 5.83. The van der Waals surface area contributed by atoms with Crippen LogP contribution in [0.5, 0.6) is 0 Å². The topological polar surface area (TPSA) is 62.3 Å². The minimum absolute atomic E-state index is 0.00892. The molecule has 0 aliphatic carbocycles. The molecule has 0 aromatic carbocycles. The first-order valence-corrected chi connectivity index (χ1v) is 7.91. The van der Waals surface area contributed by atoms with Crippen molar-refractivity contribution in [3.8, 4) is 0 Å². The monoisotopic (exact) mass is 313 g/mol. The first-order valence-electron chi connectivity index (χ1n) is 7.91. The smallest absolute Gasteiger partial charge is 0.410 e. The van der Waals surface area contributed by atoms with E-state index in [1.165, 1.54) is 4.90 Å². The number of morpholine rings is 1. The summed E-state index contributed by atoms with van der Waals surface area (Å²) in [6.45, 7) is 11.6. The molecule has 2 aliphatic heterocycles. The van der Waals surface area contributed by atoms with Crippen molar-refractivity contribution in [2.75, 3.05) is 59.0 Å². The second-order valence-electron chi connectivity index (χ2n) is 6.74. The standard InChI is InChI=1S/C15H27N3O4/c1-15(2,3)22-14(20)18-7-6-17(13(19)12-18)5-4-16-8-10-21-11-9-16/h4-12H2,1-3H3. The Morgan fingerprint density at radius 1 is 1.14 bits per heavy atom. The summed E-state index contributed by atoms with van der Waals surface area (Å²) in [5.74, 6) is -0.00892. The lowest BCUT2D eigenvalue weighted by Crippen LogP contribution is -2.54. The Labute approximate surface area is 132 Å². The first-order chi connectivity index (χ1) is 10.3. The van der Waals surface area contributed by atoms with E-state index < -0.39 is 11.7 Å². The van der Waals surface area contributed by atoms with Gasteiger partial charge in [-0.25, -0.2) is 4.79 Å². The summed E-state index contributed by atoms with van der Waals surface area (Å²) in [5, 5.41) is 0. The van der Waals surface area contributed by atoms with Crippen LogP contribution in [0.25, 0.3) is 0 Å². The van der Waals surface area contributed by atoms with Crippen molar-refractivity contribution in [1.29, 1.82) is 0 Å². The summed E-state index contributed by atoms with van der Waals surface area (Å²) < 4.78 is 10.6. The zero-order valence-electron chi connectivity index (χ0n) is 13.8. The SMILES string of the molecule is CC(C)(C)OC(=O)N1CCN(CCN2CCOCC2)C(=O)C1. The van der Waals surface area contributed by atoms with E-state index in [0.29, 0.717) is 19.6 Å². The molecule has 2 heterocycles. The van der Waals surface area contributed by atoms with E-state index >= 15 is 0 Å². The van der Waals surface area contributed by atoms with Gasteiger partial charge in [0.05, 0.1) is 13.2 Å². The Kier molecular flexibility index (Phi) is 5.63. The fraction of sp³-hybridized carbons (Fsp3) is 0.867. The molecule has 0 aromatic rings. The van der Waals surface area contributed by atoms with Gasteiger partial charge in [-0.15, -0.1) is 0 Å². The molecule has 22 heavy (non-hydrogen) atoms. The number of nitrogens with zero attached hydrogens (tertiary/aromatic N) is 3. The molecule has 7 heteroatoms. The van der Waals surface area contributed by atoms with Crippen LogP contribution in [0, 0.1) is 0 Å². The van der Waals surface area contributed by atoms with Gasteiger partial charge in [0.2, 0.25) is 5.91 Å². The Bertz CT molecular complexity index is 402. The van der Waals surface area contributed by atoms with Crippen LogP contribution in [0.1, 0.15) is 20.8 Å². The number of ether oxygens (including phenoxy) is 2. The van der Waals surface area contributed by atoms with E-state index in [-0.39, 0.29) is 12.5 Å². The van der Waals surface area contributed by atoms with Crippen LogP contribution in [-0.4, -0.2) is 91.3 Å². The molecular formula is C15H27N3O4. The fourth-order valence-corrected chi connectivity index (χ4v) is 2.51. The van der Waals surface area contributed by atoms with Crippen LogP contribution in [0.2, 0.25) is 0 Å². The molecule has 0 radical (unpaired) electrons. The molecule has 0 atom stereocenters. The van der Waals surface area contributed by atoms with Gasteiger partial charge < -0.3 is 14.4 Å². The molecule has 0 N–H and O–H groups in total. The Balaban J connectivity index is 1.75. The maximum absolute atomic E-state index is 12.2. The fourth-order valence-electron chi connectivity index (χ4n) is 2.51. The van der Waals surface area contributed by atoms with Gasteiger partial charge in [0, 0.05) is 39.3 Å². The Morgan fingerprint density at radius 3 is 2.41 bits per heavy atom. The predicted octanol–water partition coefficient (Wildman–Crippen LogP) is 0.398. The molecule has 7 nitrogen and oxygen atoms in total. The summed E-state index contributed by atoms with van der Waals surface area (Å²) in [4.78, 5) is 29.8. The van der Waals surface area contributed by atoms with Crippen molar-refractivity contribution in [3.63, 3.8) is 0 Å². The molecular weight excluding hydrogens is 286 g/mol. The summed E-state index contributed by atoms with van der Waals surface area (Å²) in [5.41, 5.74) is -0.534. The van der Waals surface area contributed by atoms with E-state index in [4.69, 9.17) is 9.47 Å². The zero-order chi connectivity index (χ0) is 16.2. The maximum atomic E-state index is 12.2. The van der Waals surface area contributed by atoms with Gasteiger partial charge in [-0.3, -0.25) is 14.6 Å². The molecule has 2 amide bonds. The van der Waals surface area contributed by atoms with Crippen LogP contribution in [0.15, 0.2) is 0 Å². The van der Waals surface area contributed by atoms with Gasteiger partial charge in [-0.2, -0.15) is 0 Å². The largest absolute Gasteiger partial charge is 0.444 e. The van der Waals surface area contributed by atoms with Gasteiger partial charge >= 0.3 is 6.09 Å². The van der Waals surface area contributed by atoms with Gasteiger partial charge in [-0.05, 0) is 20.8 Å². The molecule has 2 saturated heterocycles. The highest BCUT2D eigenvalue weighted by atomic mass is 16.6. The summed E-state index contributed by atoms with van der Waals surface area (Å²) in [7, 11) is 0. The second kappa shape index (κ2) is 7.28. The quantitative estimate of drug-likeness (QED) is 0.755. The lowest BCUT2D eigenvalue weighted by atomic mass is 10.2. The van der Waals surface area contributed by atoms with Crippen LogP contribution in [0.3, 0.4) is 0 Å². The predicted molar refractivity (Wildman–Crippen MR) is 81.6 cm³/mol. The molecule has 2 rings (SSSR count). The first kappa shape index (κ1) is 17.0. The third-order valence-electron chi connectivity index (χ3n) is 3.76. The number of hydrogen-bond acceptors (Lipinski definition) is 5. The highest BCUT2D eigenvalue weighted by Crippen LogP contribution is 2.12. The molecule has 126 valence electrons. The summed E-state index contributed by atoms with van der Waals surface area (Å²) in [6.07, 6.45) is -0.409. The maximum Gasteiger partial charge on any atom is 0.410 e. The van der Waals surface area contributed by atoms with Crippen molar-refractivity contribution in [1.82, 2.24) is 14.7 Å². The molecule has 0 bridgehead atoms. The van der Waals surface area contributed by atoms with Crippen LogP contribution in [0.4, 0.5) is 4.79 Å². The van der Waals surface area contributed by atoms with E-state index in [9.17, 15) is 9.59 Å². The number of carbonyl (C=O) groups is 2. The zero-order valence-corrected chi connectivity index (χ0v) is 13.8. The molecule has 0 saturated carbocycles. The highest BCUT2D eigenvalue weighted by Gasteiger charge is 2.30. The van der Waals surface area contributed by atoms with Crippen molar-refractivity contribution < 1.29 is 19.1 Å². The third kappa shape index (κ3) is 5.14.